The van der Waals surface area contributed by atoms with Gasteiger partial charge in [0.15, 0.2) is 0 Å². The predicted octanol–water partition coefficient (Wildman–Crippen LogP) is 4.85. The second-order valence-corrected chi connectivity index (χ2v) is 9.77. The number of aryl methyl sites for hydroxylation is 2. The second kappa shape index (κ2) is 10.1. The number of carbonyl (C=O) groups excluding carboxylic acids is 1. The summed E-state index contributed by atoms with van der Waals surface area (Å²) in [5.74, 6) is -5.10. The summed E-state index contributed by atoms with van der Waals surface area (Å²) >= 11 is 0. The normalized spacial score (nSPS) is 13.4. The Bertz CT molecular complexity index is 1710. The molecule has 39 heavy (non-hydrogen) atoms. The summed E-state index contributed by atoms with van der Waals surface area (Å²) < 4.78 is 43.7. The van der Waals surface area contributed by atoms with Gasteiger partial charge in [0.25, 0.3) is 11.5 Å². The molecule has 1 aromatic heterocycles. The number of carboxylic acid groups (broad SMARTS) is 1. The number of aromatic nitrogens is 1. The average Bonchev–Trinajstić information content (AvgIpc) is 3.38. The third-order valence-corrected chi connectivity index (χ3v) is 7.49. The summed E-state index contributed by atoms with van der Waals surface area (Å²) in [6, 6.07) is 9.29. The van der Waals surface area contributed by atoms with E-state index in [2.05, 4.69) is 5.32 Å². The van der Waals surface area contributed by atoms with Crippen LogP contribution >= 0.6 is 0 Å². The first kappa shape index (κ1) is 26.2. The molecule has 200 valence electrons. The molecule has 0 bridgehead atoms. The van der Waals surface area contributed by atoms with Gasteiger partial charge in [-0.25, -0.2) is 18.0 Å². The Morgan fingerprint density at radius 1 is 1.03 bits per heavy atom. The maximum atomic E-state index is 14.1. The summed E-state index contributed by atoms with van der Waals surface area (Å²) in [7, 11) is 1.64. The second-order valence-electron chi connectivity index (χ2n) is 9.77. The van der Waals surface area contributed by atoms with Crippen molar-refractivity contribution in [2.75, 3.05) is 0 Å². The Morgan fingerprint density at radius 2 is 1.72 bits per heavy atom. The van der Waals surface area contributed by atoms with Crippen LogP contribution < -0.4 is 10.9 Å². The van der Waals surface area contributed by atoms with Gasteiger partial charge in [-0.1, -0.05) is 18.2 Å². The molecule has 1 heterocycles. The maximum absolute atomic E-state index is 14.1. The molecular weight excluding hydrogens is 509 g/mol. The molecule has 1 unspecified atom stereocenters. The van der Waals surface area contributed by atoms with E-state index >= 15 is 0 Å². The van der Waals surface area contributed by atoms with Crippen LogP contribution in [0.5, 0.6) is 0 Å². The fraction of sp³-hybridized carbons (Fsp3) is 0.233. The van der Waals surface area contributed by atoms with Gasteiger partial charge >= 0.3 is 5.97 Å². The van der Waals surface area contributed by atoms with Gasteiger partial charge in [-0.2, -0.15) is 0 Å². The van der Waals surface area contributed by atoms with Crippen molar-refractivity contribution in [3.8, 4) is 11.1 Å². The maximum Gasteiger partial charge on any atom is 0.326 e. The van der Waals surface area contributed by atoms with E-state index < -0.39 is 40.9 Å². The summed E-state index contributed by atoms with van der Waals surface area (Å²) in [5.41, 5.74) is 3.80. The quantitative estimate of drug-likeness (QED) is 0.371. The zero-order valence-corrected chi connectivity index (χ0v) is 21.3. The van der Waals surface area contributed by atoms with Crippen LogP contribution in [0.1, 0.15) is 39.0 Å². The lowest BCUT2D eigenvalue weighted by atomic mass is 9.89. The van der Waals surface area contributed by atoms with Gasteiger partial charge in [0.1, 0.15) is 29.1 Å². The number of carbonyl (C=O) groups is 2. The number of hydrogen-bond donors (Lipinski definition) is 2. The van der Waals surface area contributed by atoms with Crippen molar-refractivity contribution in [3.05, 3.63) is 104 Å². The van der Waals surface area contributed by atoms with Gasteiger partial charge in [-0.05, 0) is 84.3 Å². The Kier molecular flexibility index (Phi) is 6.76. The molecule has 1 amide bonds. The molecule has 0 saturated carbocycles. The molecule has 0 fully saturated rings. The van der Waals surface area contributed by atoms with Gasteiger partial charge in [0.2, 0.25) is 0 Å². The van der Waals surface area contributed by atoms with E-state index in [-0.39, 0.29) is 12.0 Å². The van der Waals surface area contributed by atoms with Gasteiger partial charge in [0.05, 0.1) is 11.1 Å². The van der Waals surface area contributed by atoms with Crippen molar-refractivity contribution < 1.29 is 27.9 Å². The zero-order chi connectivity index (χ0) is 28.0. The highest BCUT2D eigenvalue weighted by Gasteiger charge is 2.28. The van der Waals surface area contributed by atoms with E-state index in [4.69, 9.17) is 0 Å². The van der Waals surface area contributed by atoms with Crippen molar-refractivity contribution in [1.29, 1.82) is 0 Å². The Balaban J connectivity index is 1.54. The zero-order valence-electron chi connectivity index (χ0n) is 21.3. The van der Waals surface area contributed by atoms with Gasteiger partial charge in [-0.15, -0.1) is 0 Å². The molecule has 9 heteroatoms. The van der Waals surface area contributed by atoms with Crippen molar-refractivity contribution in [2.24, 2.45) is 7.05 Å². The van der Waals surface area contributed by atoms with E-state index in [9.17, 15) is 32.7 Å². The van der Waals surface area contributed by atoms with E-state index in [1.54, 1.807) is 32.2 Å². The van der Waals surface area contributed by atoms with Crippen molar-refractivity contribution in [1.82, 2.24) is 9.88 Å². The number of carboxylic acids is 1. The molecule has 0 saturated heterocycles. The SMILES string of the molecule is Cc1c(-c2ccc(CC(NC(=O)c3c(F)cccc3F)C(=O)O)c3c2CCC3)c(=O)n(C)c2ccc(F)cc12. The van der Waals surface area contributed by atoms with E-state index in [1.165, 1.54) is 16.7 Å². The van der Waals surface area contributed by atoms with Crippen molar-refractivity contribution in [3.63, 3.8) is 0 Å². The van der Waals surface area contributed by atoms with Crippen molar-refractivity contribution in [2.45, 2.75) is 38.6 Å². The number of fused-ring (bicyclic) bond motifs is 2. The van der Waals surface area contributed by atoms with Crippen LogP contribution in [-0.4, -0.2) is 27.6 Å². The average molecular weight is 535 g/mol. The highest BCUT2D eigenvalue weighted by Crippen LogP contribution is 2.37. The van der Waals surface area contributed by atoms with Gasteiger partial charge in [0, 0.05) is 18.9 Å². The summed E-state index contributed by atoms with van der Waals surface area (Å²) in [5, 5.41) is 12.7. The molecule has 4 aromatic rings. The minimum Gasteiger partial charge on any atom is -0.480 e. The minimum absolute atomic E-state index is 0.111. The number of nitrogens with zero attached hydrogens (tertiary/aromatic N) is 1. The number of pyridine rings is 1. The lowest BCUT2D eigenvalue weighted by Gasteiger charge is -2.20. The number of nitrogens with one attached hydrogen (secondary N) is 1. The third-order valence-electron chi connectivity index (χ3n) is 7.49. The highest BCUT2D eigenvalue weighted by atomic mass is 19.1. The molecule has 1 aliphatic carbocycles. The first-order chi connectivity index (χ1) is 18.6. The van der Waals surface area contributed by atoms with Crippen LogP contribution in [0.25, 0.3) is 22.0 Å². The predicted molar refractivity (Wildman–Crippen MR) is 140 cm³/mol. The first-order valence-corrected chi connectivity index (χ1v) is 12.5. The largest absolute Gasteiger partial charge is 0.480 e. The van der Waals surface area contributed by atoms with E-state index in [0.717, 1.165) is 35.7 Å². The number of amides is 1. The summed E-state index contributed by atoms with van der Waals surface area (Å²) in [6.45, 7) is 1.78. The topological polar surface area (TPSA) is 88.4 Å². The van der Waals surface area contributed by atoms with Crippen LogP contribution in [0, 0.1) is 24.4 Å². The molecule has 6 nitrogen and oxygen atoms in total. The smallest absolute Gasteiger partial charge is 0.326 e. The summed E-state index contributed by atoms with van der Waals surface area (Å²) in [4.78, 5) is 38.0. The fourth-order valence-corrected chi connectivity index (χ4v) is 5.56. The van der Waals surface area contributed by atoms with Crippen LogP contribution in [0.15, 0.2) is 53.3 Å². The fourth-order valence-electron chi connectivity index (χ4n) is 5.56. The Hall–Kier alpha value is -4.40. The van der Waals surface area contributed by atoms with Crippen LogP contribution in [0.2, 0.25) is 0 Å². The third kappa shape index (κ3) is 4.58. The summed E-state index contributed by atoms with van der Waals surface area (Å²) in [6.07, 6.45) is 1.97. The van der Waals surface area contributed by atoms with Gasteiger partial charge < -0.3 is 15.0 Å². The number of hydrogen-bond acceptors (Lipinski definition) is 3. The van der Waals surface area contributed by atoms with E-state index in [0.29, 0.717) is 46.0 Å². The monoisotopic (exact) mass is 534 g/mol. The molecular formula is C30H25F3N2O4. The molecule has 0 spiro atoms. The molecule has 5 rings (SSSR count). The molecule has 2 N–H and O–H groups in total. The van der Waals surface area contributed by atoms with Crippen LogP contribution in [-0.2, 0) is 31.1 Å². The molecule has 1 aliphatic rings. The number of benzene rings is 3. The standard InChI is InChI=1S/C30H25F3N2O4/c1-15-21-14-17(31)10-12-25(21)35(2)29(37)26(15)20-11-9-16(18-5-3-6-19(18)20)13-24(30(38)39)34-28(36)27-22(32)7-4-8-23(27)33/h4,7-12,14,24H,3,5-6,13H2,1-2H3,(H,34,36)(H,38,39). The highest BCUT2D eigenvalue weighted by molar-refractivity contribution is 5.97. The van der Waals surface area contributed by atoms with Crippen LogP contribution in [0.3, 0.4) is 0 Å². The lowest BCUT2D eigenvalue weighted by molar-refractivity contribution is -0.139. The Labute approximate surface area is 221 Å². The molecule has 1 atom stereocenters. The minimum atomic E-state index is -1.44. The Morgan fingerprint density at radius 3 is 2.41 bits per heavy atom. The van der Waals surface area contributed by atoms with Crippen molar-refractivity contribution >= 4 is 22.8 Å². The first-order valence-electron chi connectivity index (χ1n) is 12.5. The molecule has 0 radical (unpaired) electrons. The van der Waals surface area contributed by atoms with Crippen LogP contribution in [0.4, 0.5) is 13.2 Å². The molecule has 3 aromatic carbocycles. The van der Waals surface area contributed by atoms with Gasteiger partial charge in [-0.3, -0.25) is 9.59 Å². The number of halogens is 3. The number of rotatable bonds is 6. The van der Waals surface area contributed by atoms with E-state index in [1.807, 2.05) is 0 Å². The lowest BCUT2D eigenvalue weighted by Crippen LogP contribution is -2.43. The molecule has 0 aliphatic heterocycles. The number of aliphatic carboxylic acids is 1.